The number of Topliss-reactive ketones (excluding diaryl/α,β-unsaturated/α-hetero) is 3. The van der Waals surface area contributed by atoms with Crippen LogP contribution in [0, 0.1) is 35.3 Å². The van der Waals surface area contributed by atoms with Gasteiger partial charge in [0.2, 0.25) is 35.4 Å². The van der Waals surface area contributed by atoms with Crippen molar-refractivity contribution in [1.82, 2.24) is 37.2 Å². The van der Waals surface area contributed by atoms with Crippen molar-refractivity contribution in [3.63, 3.8) is 0 Å². The van der Waals surface area contributed by atoms with Gasteiger partial charge in [-0.2, -0.15) is 0 Å². The first-order chi connectivity index (χ1) is 42.8. The number of benzene rings is 3. The van der Waals surface area contributed by atoms with Crippen molar-refractivity contribution in [3.8, 4) is 11.1 Å². The summed E-state index contributed by atoms with van der Waals surface area (Å²) < 4.78 is 36.1. The molecule has 2 unspecified atom stereocenters. The zero-order chi connectivity index (χ0) is 66.6. The monoisotopic (exact) mass is 1260 g/mol. The third kappa shape index (κ3) is 23.7. The second kappa shape index (κ2) is 38.3. The Balaban J connectivity index is 1.67. The number of halogens is 2. The zero-order valence-corrected chi connectivity index (χ0v) is 51.7. The maximum absolute atomic E-state index is 15.4. The van der Waals surface area contributed by atoms with Crippen LogP contribution in [0.25, 0.3) is 11.1 Å². The van der Waals surface area contributed by atoms with Gasteiger partial charge in [0.15, 0.2) is 23.5 Å². The van der Waals surface area contributed by atoms with Crippen molar-refractivity contribution in [2.75, 3.05) is 45.8 Å². The van der Waals surface area contributed by atoms with Crippen LogP contribution in [-0.2, 0) is 54.3 Å². The molecule has 0 saturated carbocycles. The van der Waals surface area contributed by atoms with Gasteiger partial charge in [-0.05, 0) is 132 Å². The van der Waals surface area contributed by atoms with Crippen molar-refractivity contribution >= 4 is 58.8 Å². The fourth-order valence-corrected chi connectivity index (χ4v) is 10.4. The Labute approximate surface area is 523 Å². The van der Waals surface area contributed by atoms with Gasteiger partial charge < -0.3 is 80.8 Å². The number of carbonyl (C=O) groups excluding carboxylic acids is 10. The van der Waals surface area contributed by atoms with E-state index in [0.717, 1.165) is 12.1 Å². The van der Waals surface area contributed by atoms with Crippen LogP contribution in [0.3, 0.4) is 0 Å². The highest BCUT2D eigenvalue weighted by atomic mass is 19.1. The smallest absolute Gasteiger partial charge is 0.344 e. The molecular weight excluding hydrogens is 1170 g/mol. The number of aliphatic hydroxyl groups excluding tert-OH is 2. The maximum atomic E-state index is 15.4. The number of amides is 6. The molecule has 1 aliphatic heterocycles. The highest BCUT2D eigenvalue weighted by Gasteiger charge is 2.38. The van der Waals surface area contributed by atoms with E-state index in [4.69, 9.17) is 33.4 Å². The van der Waals surface area contributed by atoms with Gasteiger partial charge in [-0.3, -0.25) is 43.2 Å². The fourth-order valence-electron chi connectivity index (χ4n) is 10.4. The highest BCUT2D eigenvalue weighted by molar-refractivity contribution is 5.98. The molecule has 0 aromatic heterocycles. The Bertz CT molecular complexity index is 2850. The SMILES string of the molecule is CC(C)C[C@@H]1NC(=O)[C@@H](Cc2ccccc2)NC(=O)[C@H](CCN)NC[C@@H](CC(=O)[C@H](CCN)NC(=O)[C@@H](CC(=O)[C@H](CCN)OC(=O)c2c(F)cc(-c3ccccc3)cc2F)C(C)O)CCNC(=O)[C@H](C(C)O)NC(=O)[C@H](CCN)CC(=O)[C@H](CCN)NC1=O. The van der Waals surface area contributed by atoms with Crippen molar-refractivity contribution in [3.05, 3.63) is 95.6 Å². The quantitative estimate of drug-likeness (QED) is 0.0431. The van der Waals surface area contributed by atoms with Crippen LogP contribution >= 0.6 is 0 Å². The molecule has 19 N–H and O–H groups in total. The van der Waals surface area contributed by atoms with E-state index in [1.807, 2.05) is 13.8 Å². The number of esters is 1. The molecular formula is C63H92F2N12O13. The van der Waals surface area contributed by atoms with Gasteiger partial charge in [0, 0.05) is 44.6 Å². The molecule has 90 heavy (non-hydrogen) atoms. The summed E-state index contributed by atoms with van der Waals surface area (Å²) in [5, 5.41) is 41.0. The first-order valence-electron chi connectivity index (χ1n) is 30.6. The Hall–Kier alpha value is -7.50. The number of ketones is 3. The molecule has 0 aliphatic carbocycles. The van der Waals surface area contributed by atoms with Crippen LogP contribution in [-0.4, -0.2) is 169 Å². The van der Waals surface area contributed by atoms with Gasteiger partial charge in [0.05, 0.1) is 36.3 Å². The second-order valence-electron chi connectivity index (χ2n) is 23.2. The third-order valence-electron chi connectivity index (χ3n) is 15.5. The average Bonchev–Trinajstić information content (AvgIpc) is 1.23. The van der Waals surface area contributed by atoms with Gasteiger partial charge in [0.1, 0.15) is 35.3 Å². The molecule has 3 aromatic rings. The normalized spacial score (nSPS) is 22.1. The average molecular weight is 1260 g/mol. The van der Waals surface area contributed by atoms with E-state index in [2.05, 4.69) is 37.2 Å². The van der Waals surface area contributed by atoms with Crippen LogP contribution in [0.15, 0.2) is 72.8 Å². The lowest BCUT2D eigenvalue weighted by atomic mass is 9.91. The number of aliphatic hydroxyl groups is 2. The summed E-state index contributed by atoms with van der Waals surface area (Å²) in [5.74, 6) is -14.8. The third-order valence-corrected chi connectivity index (χ3v) is 15.5. The van der Waals surface area contributed by atoms with Crippen LogP contribution in [0.5, 0.6) is 0 Å². The van der Waals surface area contributed by atoms with Crippen LogP contribution in [0.4, 0.5) is 8.78 Å². The molecule has 25 nitrogen and oxygen atoms in total. The van der Waals surface area contributed by atoms with Gasteiger partial charge in [-0.1, -0.05) is 74.5 Å². The lowest BCUT2D eigenvalue weighted by Gasteiger charge is -2.28. The number of hydrogen-bond acceptors (Lipinski definition) is 19. The summed E-state index contributed by atoms with van der Waals surface area (Å²) in [7, 11) is 0. The van der Waals surface area contributed by atoms with E-state index in [9.17, 15) is 58.2 Å². The predicted octanol–water partition coefficient (Wildman–Crippen LogP) is -0.420. The topological polar surface area (TPSA) is 435 Å². The Morgan fingerprint density at radius 2 is 1.22 bits per heavy atom. The summed E-state index contributed by atoms with van der Waals surface area (Å²) in [5.41, 5.74) is 29.7. The number of nitrogens with two attached hydrogens (primary N) is 5. The largest absolute Gasteiger partial charge is 0.451 e. The molecule has 1 aliphatic rings. The van der Waals surface area contributed by atoms with Crippen LogP contribution in [0.2, 0.25) is 0 Å². The Morgan fingerprint density at radius 3 is 1.80 bits per heavy atom. The van der Waals surface area contributed by atoms with E-state index < -0.39 is 161 Å². The predicted molar refractivity (Wildman–Crippen MR) is 331 cm³/mol. The van der Waals surface area contributed by atoms with Crippen molar-refractivity contribution in [2.45, 2.75) is 153 Å². The summed E-state index contributed by atoms with van der Waals surface area (Å²) in [6.45, 7) is 5.14. The number of rotatable bonds is 27. The van der Waals surface area contributed by atoms with Gasteiger partial charge in [-0.15, -0.1) is 0 Å². The summed E-state index contributed by atoms with van der Waals surface area (Å²) >= 11 is 0. The van der Waals surface area contributed by atoms with Gasteiger partial charge >= 0.3 is 5.97 Å². The molecule has 1 fully saturated rings. The first kappa shape index (κ1) is 75.0. The number of ether oxygens (including phenoxy) is 1. The van der Waals surface area contributed by atoms with Crippen molar-refractivity contribution < 1.29 is 71.7 Å². The van der Waals surface area contributed by atoms with E-state index in [0.29, 0.717) is 11.1 Å². The molecule has 496 valence electrons. The molecule has 27 heteroatoms. The first-order valence-corrected chi connectivity index (χ1v) is 30.6. The number of hydrogen-bond donors (Lipinski definition) is 14. The van der Waals surface area contributed by atoms with E-state index in [1.54, 1.807) is 60.7 Å². The standard InChI is InChI=1S/C63H92F2N12O13/c1-35(2)27-49-60(86)74-47(17-23-68)52(81)32-41(15-21-66)57(83)77-56(37(4)79)62(88)71-26-20-39(34-72-48(18-24-69)59(85)76-50(61(87)75-49)28-38-11-7-5-8-12-38)29-51(80)46(16-22-67)73-58(84)43(36(3)78)33-53(82)54(19-25-70)90-63(89)55-44(64)30-42(31-45(55)65)40-13-9-6-10-14-40/h5-14,30-31,35-37,39,41,43,46-50,54,56,72,78-79H,15-29,32-34,66-70H2,1-4H3,(H,71,88)(H,73,84)(H,74,86)(H,75,87)(H,76,85)(H,77,83)/t36?,37?,39-,41-,43+,46+,47+,48+,49+,50-,54+,56+/m1/s1. The molecule has 0 spiro atoms. The fraction of sp³-hybridized carbons (Fsp3) is 0.556. The Kier molecular flexibility index (Phi) is 31.9. The minimum Gasteiger partial charge on any atom is -0.451 e. The van der Waals surface area contributed by atoms with E-state index >= 15 is 8.78 Å². The van der Waals surface area contributed by atoms with Crippen molar-refractivity contribution in [1.29, 1.82) is 0 Å². The lowest BCUT2D eigenvalue weighted by Crippen LogP contribution is -2.58. The summed E-state index contributed by atoms with van der Waals surface area (Å²) in [6.07, 6.45) is -7.02. The summed E-state index contributed by atoms with van der Waals surface area (Å²) in [6, 6.07) is 11.0. The molecule has 6 amide bonds. The molecule has 3 aromatic carbocycles. The maximum Gasteiger partial charge on any atom is 0.344 e. The highest BCUT2D eigenvalue weighted by Crippen LogP contribution is 2.27. The van der Waals surface area contributed by atoms with Crippen LogP contribution < -0.4 is 65.9 Å². The minimum absolute atomic E-state index is 0.00889. The number of carbonyl (C=O) groups is 10. The summed E-state index contributed by atoms with van der Waals surface area (Å²) in [4.78, 5) is 141. The zero-order valence-electron chi connectivity index (χ0n) is 51.7. The second-order valence-corrected chi connectivity index (χ2v) is 23.2. The van der Waals surface area contributed by atoms with E-state index in [-0.39, 0.29) is 115 Å². The van der Waals surface area contributed by atoms with Gasteiger partial charge in [0.25, 0.3) is 0 Å². The molecule has 12 atom stereocenters. The molecule has 1 heterocycles. The van der Waals surface area contributed by atoms with E-state index in [1.165, 1.54) is 13.8 Å². The molecule has 0 radical (unpaired) electrons. The molecule has 1 saturated heterocycles. The number of nitrogens with one attached hydrogen (secondary N) is 7. The van der Waals surface area contributed by atoms with Gasteiger partial charge in [-0.25, -0.2) is 13.6 Å². The molecule has 0 bridgehead atoms. The minimum atomic E-state index is -1.73. The van der Waals surface area contributed by atoms with Crippen LogP contribution in [0.1, 0.15) is 108 Å². The van der Waals surface area contributed by atoms with Crippen molar-refractivity contribution in [2.24, 2.45) is 52.3 Å². The lowest BCUT2D eigenvalue weighted by molar-refractivity contribution is -0.138. The molecule has 4 rings (SSSR count). The Morgan fingerprint density at radius 1 is 0.656 bits per heavy atom.